The second-order valence-electron chi connectivity index (χ2n) is 7.97. The van der Waals surface area contributed by atoms with E-state index in [4.69, 9.17) is 9.26 Å². The van der Waals surface area contributed by atoms with Crippen molar-refractivity contribution in [3.05, 3.63) is 77.0 Å². The maximum Gasteiger partial charge on any atom is 0.230 e. The molecule has 0 radical (unpaired) electrons. The Morgan fingerprint density at radius 2 is 1.68 bits per heavy atom. The number of benzene rings is 2. The van der Waals surface area contributed by atoms with E-state index >= 15 is 0 Å². The van der Waals surface area contributed by atoms with Crippen LogP contribution in [-0.2, 0) is 23.2 Å². The third-order valence-corrected chi connectivity index (χ3v) is 4.33. The van der Waals surface area contributed by atoms with Crippen LogP contribution in [0.5, 0.6) is 5.75 Å². The molecule has 3 aromatic rings. The third-order valence-electron chi connectivity index (χ3n) is 4.33. The molecule has 2 aromatic carbocycles. The highest BCUT2D eigenvalue weighted by Gasteiger charge is 2.20. The van der Waals surface area contributed by atoms with Gasteiger partial charge in [0, 0.05) is 11.5 Å². The molecule has 0 saturated carbocycles. The average Bonchev–Trinajstić information content (AvgIpc) is 3.11. The lowest BCUT2D eigenvalue weighted by Gasteiger charge is -2.12. The number of nitrogens with one attached hydrogen (secondary N) is 1. The molecule has 0 aliphatic rings. The Balaban J connectivity index is 1.51. The molecule has 0 spiro atoms. The van der Waals surface area contributed by atoms with E-state index in [-0.39, 0.29) is 17.7 Å². The van der Waals surface area contributed by atoms with Crippen LogP contribution in [-0.4, -0.2) is 11.1 Å². The number of aryl methyl sites for hydroxylation is 1. The molecule has 0 bridgehead atoms. The monoisotopic (exact) mass is 378 g/mol. The minimum Gasteiger partial charge on any atom is -0.489 e. The first-order valence-corrected chi connectivity index (χ1v) is 9.34. The SMILES string of the molecule is Cc1ccc(COc2ccc(CC(=O)Nc3cc(C(C)(C)C)on3)cc2)cc1. The first kappa shape index (κ1) is 19.7. The van der Waals surface area contributed by atoms with E-state index in [1.54, 1.807) is 6.07 Å². The molecule has 1 amide bonds. The van der Waals surface area contributed by atoms with Gasteiger partial charge < -0.3 is 14.6 Å². The number of nitrogens with zero attached hydrogens (tertiary/aromatic N) is 1. The van der Waals surface area contributed by atoms with Crippen LogP contribution < -0.4 is 10.1 Å². The molecule has 5 heteroatoms. The second-order valence-corrected chi connectivity index (χ2v) is 7.97. The molecule has 3 rings (SSSR count). The van der Waals surface area contributed by atoms with E-state index < -0.39 is 0 Å². The lowest BCUT2D eigenvalue weighted by Crippen LogP contribution is -2.14. The van der Waals surface area contributed by atoms with Gasteiger partial charge in [-0.15, -0.1) is 0 Å². The van der Waals surface area contributed by atoms with Crippen molar-refractivity contribution in [2.24, 2.45) is 0 Å². The fraction of sp³-hybridized carbons (Fsp3) is 0.304. The number of ether oxygens (including phenoxy) is 1. The maximum absolute atomic E-state index is 12.2. The van der Waals surface area contributed by atoms with Gasteiger partial charge in [0.2, 0.25) is 5.91 Å². The average molecular weight is 378 g/mol. The summed E-state index contributed by atoms with van der Waals surface area (Å²) in [5.41, 5.74) is 3.10. The van der Waals surface area contributed by atoms with Gasteiger partial charge >= 0.3 is 0 Å². The topological polar surface area (TPSA) is 64.4 Å². The van der Waals surface area contributed by atoms with E-state index in [0.29, 0.717) is 12.4 Å². The molecule has 146 valence electrons. The summed E-state index contributed by atoms with van der Waals surface area (Å²) in [7, 11) is 0. The van der Waals surface area contributed by atoms with Crippen molar-refractivity contribution in [1.82, 2.24) is 5.16 Å². The number of carbonyl (C=O) groups excluding carboxylic acids is 1. The summed E-state index contributed by atoms with van der Waals surface area (Å²) in [6, 6.07) is 17.6. The van der Waals surface area contributed by atoms with Gasteiger partial charge in [-0.2, -0.15) is 0 Å². The Bertz CT molecular complexity index is 920. The molecule has 0 fully saturated rings. The number of anilines is 1. The molecule has 0 aliphatic carbocycles. The lowest BCUT2D eigenvalue weighted by molar-refractivity contribution is -0.115. The van der Waals surface area contributed by atoms with Gasteiger partial charge in [-0.1, -0.05) is 67.9 Å². The van der Waals surface area contributed by atoms with Crippen molar-refractivity contribution in [3.63, 3.8) is 0 Å². The maximum atomic E-state index is 12.2. The fourth-order valence-electron chi connectivity index (χ4n) is 2.61. The van der Waals surface area contributed by atoms with Gasteiger partial charge in [-0.05, 0) is 30.2 Å². The number of rotatable bonds is 6. The van der Waals surface area contributed by atoms with Crippen molar-refractivity contribution >= 4 is 11.7 Å². The van der Waals surface area contributed by atoms with Gasteiger partial charge in [-0.25, -0.2) is 0 Å². The summed E-state index contributed by atoms with van der Waals surface area (Å²) >= 11 is 0. The summed E-state index contributed by atoms with van der Waals surface area (Å²) < 4.78 is 11.1. The Labute approximate surface area is 165 Å². The Morgan fingerprint density at radius 3 is 2.29 bits per heavy atom. The lowest BCUT2D eigenvalue weighted by atomic mass is 9.93. The minimum absolute atomic E-state index is 0.137. The largest absolute Gasteiger partial charge is 0.489 e. The summed E-state index contributed by atoms with van der Waals surface area (Å²) in [6.07, 6.45) is 0.260. The van der Waals surface area contributed by atoms with Crippen LogP contribution in [0.15, 0.2) is 59.1 Å². The molecule has 0 atom stereocenters. The number of carbonyl (C=O) groups is 1. The standard InChI is InChI=1S/C23H26N2O3/c1-16-5-7-18(8-6-16)15-27-19-11-9-17(10-12-19)13-22(26)24-21-14-20(28-25-21)23(2,3)4/h5-12,14H,13,15H2,1-4H3,(H,24,25,26). The second kappa shape index (κ2) is 8.30. The third kappa shape index (κ3) is 5.46. The van der Waals surface area contributed by atoms with Crippen LogP contribution in [0.2, 0.25) is 0 Å². The number of hydrogen-bond donors (Lipinski definition) is 1. The van der Waals surface area contributed by atoms with Gasteiger partial charge in [-0.3, -0.25) is 4.79 Å². The van der Waals surface area contributed by atoms with E-state index in [0.717, 1.165) is 22.6 Å². The number of hydrogen-bond acceptors (Lipinski definition) is 4. The van der Waals surface area contributed by atoms with Crippen molar-refractivity contribution in [3.8, 4) is 5.75 Å². The Morgan fingerprint density at radius 1 is 1.04 bits per heavy atom. The molecule has 0 aliphatic heterocycles. The van der Waals surface area contributed by atoms with Gasteiger partial charge in [0.05, 0.1) is 6.42 Å². The minimum atomic E-state index is -0.148. The van der Waals surface area contributed by atoms with Gasteiger partial charge in [0.1, 0.15) is 18.1 Å². The van der Waals surface area contributed by atoms with E-state index in [2.05, 4.69) is 41.7 Å². The van der Waals surface area contributed by atoms with Crippen LogP contribution in [0.25, 0.3) is 0 Å². The molecule has 0 saturated heterocycles. The highest BCUT2D eigenvalue weighted by molar-refractivity contribution is 5.91. The Kier molecular flexibility index (Phi) is 5.83. The van der Waals surface area contributed by atoms with Crippen molar-refractivity contribution in [1.29, 1.82) is 0 Å². The summed E-state index contributed by atoms with van der Waals surface area (Å²) in [6.45, 7) is 8.67. The molecule has 1 heterocycles. The predicted molar refractivity (Wildman–Crippen MR) is 109 cm³/mol. The smallest absolute Gasteiger partial charge is 0.230 e. The van der Waals surface area contributed by atoms with Crippen LogP contribution in [0.3, 0.4) is 0 Å². The summed E-state index contributed by atoms with van der Waals surface area (Å²) in [5.74, 6) is 1.81. The molecule has 0 unspecified atom stereocenters. The fourth-order valence-corrected chi connectivity index (χ4v) is 2.61. The molecule has 28 heavy (non-hydrogen) atoms. The zero-order chi connectivity index (χ0) is 20.1. The van der Waals surface area contributed by atoms with Crippen molar-refractivity contribution in [2.75, 3.05) is 5.32 Å². The number of amides is 1. The number of aromatic nitrogens is 1. The quantitative estimate of drug-likeness (QED) is 0.652. The van der Waals surface area contributed by atoms with Crippen LogP contribution in [0.4, 0.5) is 5.82 Å². The molecule has 1 N–H and O–H groups in total. The molecular weight excluding hydrogens is 352 g/mol. The van der Waals surface area contributed by atoms with Gasteiger partial charge in [0.15, 0.2) is 5.82 Å². The predicted octanol–water partition coefficient (Wildman–Crippen LogP) is 5.04. The van der Waals surface area contributed by atoms with Crippen molar-refractivity contribution in [2.45, 2.75) is 46.1 Å². The normalized spacial score (nSPS) is 11.3. The highest BCUT2D eigenvalue weighted by Crippen LogP contribution is 2.24. The molecular formula is C23H26N2O3. The van der Waals surface area contributed by atoms with E-state index in [9.17, 15) is 4.79 Å². The van der Waals surface area contributed by atoms with Crippen LogP contribution in [0, 0.1) is 6.92 Å². The van der Waals surface area contributed by atoms with Crippen molar-refractivity contribution < 1.29 is 14.1 Å². The first-order valence-electron chi connectivity index (χ1n) is 9.34. The van der Waals surface area contributed by atoms with Crippen LogP contribution in [0.1, 0.15) is 43.2 Å². The summed E-state index contributed by atoms with van der Waals surface area (Å²) in [4.78, 5) is 12.2. The Hall–Kier alpha value is -3.08. The molecule has 5 nitrogen and oxygen atoms in total. The zero-order valence-corrected chi connectivity index (χ0v) is 16.8. The highest BCUT2D eigenvalue weighted by atomic mass is 16.5. The van der Waals surface area contributed by atoms with E-state index in [1.165, 1.54) is 5.56 Å². The zero-order valence-electron chi connectivity index (χ0n) is 16.8. The summed E-state index contributed by atoms with van der Waals surface area (Å²) in [5, 5.41) is 6.68. The van der Waals surface area contributed by atoms with Crippen LogP contribution >= 0.6 is 0 Å². The molecule has 1 aromatic heterocycles. The van der Waals surface area contributed by atoms with E-state index in [1.807, 2.05) is 45.0 Å². The van der Waals surface area contributed by atoms with Gasteiger partial charge in [0.25, 0.3) is 0 Å². The first-order chi connectivity index (χ1) is 13.3.